The Morgan fingerprint density at radius 1 is 1.38 bits per heavy atom. The molecule has 114 valence electrons. The van der Waals surface area contributed by atoms with Crippen LogP contribution >= 0.6 is 0 Å². The summed E-state index contributed by atoms with van der Waals surface area (Å²) in [5.74, 6) is 0.00627. The number of hydrogen-bond acceptors (Lipinski definition) is 5. The molecule has 3 rings (SSSR count). The molecule has 0 radical (unpaired) electrons. The lowest BCUT2D eigenvalue weighted by molar-refractivity contribution is -0.144. The van der Waals surface area contributed by atoms with E-state index in [-0.39, 0.29) is 30.5 Å². The lowest BCUT2D eigenvalue weighted by Crippen LogP contribution is -2.50. The van der Waals surface area contributed by atoms with E-state index in [0.29, 0.717) is 11.7 Å². The second kappa shape index (κ2) is 5.34. The number of rotatable bonds is 4. The van der Waals surface area contributed by atoms with E-state index in [0.717, 1.165) is 19.3 Å². The highest BCUT2D eigenvalue weighted by Crippen LogP contribution is 2.48. The summed E-state index contributed by atoms with van der Waals surface area (Å²) in [6.07, 6.45) is 2.83. The maximum absolute atomic E-state index is 11.9. The van der Waals surface area contributed by atoms with Gasteiger partial charge in [0.2, 0.25) is 5.89 Å². The normalized spacial score (nSPS) is 30.3. The van der Waals surface area contributed by atoms with Crippen LogP contribution in [0.2, 0.25) is 0 Å². The van der Waals surface area contributed by atoms with E-state index in [9.17, 15) is 14.7 Å². The van der Waals surface area contributed by atoms with Crippen molar-refractivity contribution in [2.45, 2.75) is 38.8 Å². The van der Waals surface area contributed by atoms with Gasteiger partial charge in [-0.25, -0.2) is 4.79 Å². The number of urea groups is 1. The number of carboxylic acid groups (broad SMARTS) is 1. The number of carbonyl (C=O) groups excluding carboxylic acids is 1. The highest BCUT2D eigenvalue weighted by molar-refractivity contribution is 5.77. The SMILES string of the molecule is Cc1nc(CNC(=O)NC2C3CCC(C3)C2C(=O)O)no1. The summed E-state index contributed by atoms with van der Waals surface area (Å²) >= 11 is 0. The Morgan fingerprint density at radius 3 is 2.81 bits per heavy atom. The number of carbonyl (C=O) groups is 2. The van der Waals surface area contributed by atoms with Crippen LogP contribution in [0.5, 0.6) is 0 Å². The number of aliphatic carboxylic acids is 1. The fraction of sp³-hybridized carbons (Fsp3) is 0.692. The summed E-state index contributed by atoms with van der Waals surface area (Å²) in [7, 11) is 0. The average Bonchev–Trinajstić information content (AvgIpc) is 3.11. The number of amides is 2. The number of aryl methyl sites for hydroxylation is 1. The molecule has 8 heteroatoms. The molecule has 4 unspecified atom stereocenters. The molecule has 2 fully saturated rings. The molecular weight excluding hydrogens is 276 g/mol. The van der Waals surface area contributed by atoms with E-state index in [1.807, 2.05) is 0 Å². The van der Waals surface area contributed by atoms with Gasteiger partial charge in [-0.15, -0.1) is 0 Å². The van der Waals surface area contributed by atoms with Crippen LogP contribution in [0, 0.1) is 24.7 Å². The van der Waals surface area contributed by atoms with Crippen molar-refractivity contribution in [3.05, 3.63) is 11.7 Å². The second-order valence-corrected chi connectivity index (χ2v) is 5.78. The van der Waals surface area contributed by atoms with Crippen molar-refractivity contribution in [2.75, 3.05) is 0 Å². The lowest BCUT2D eigenvalue weighted by Gasteiger charge is -2.28. The number of nitrogens with one attached hydrogen (secondary N) is 2. The molecule has 3 N–H and O–H groups in total. The van der Waals surface area contributed by atoms with Gasteiger partial charge in [-0.1, -0.05) is 5.16 Å². The molecule has 21 heavy (non-hydrogen) atoms. The first-order valence-electron chi connectivity index (χ1n) is 7.11. The quantitative estimate of drug-likeness (QED) is 0.751. The van der Waals surface area contributed by atoms with Gasteiger partial charge in [0.1, 0.15) is 0 Å². The highest BCUT2D eigenvalue weighted by Gasteiger charge is 2.51. The highest BCUT2D eigenvalue weighted by atomic mass is 16.5. The van der Waals surface area contributed by atoms with Gasteiger partial charge in [-0.3, -0.25) is 4.79 Å². The van der Waals surface area contributed by atoms with Gasteiger partial charge in [0.15, 0.2) is 5.82 Å². The first-order valence-corrected chi connectivity index (χ1v) is 7.11. The molecule has 1 heterocycles. The molecule has 0 aromatic carbocycles. The number of fused-ring (bicyclic) bond motifs is 2. The zero-order valence-corrected chi connectivity index (χ0v) is 11.7. The first-order chi connectivity index (χ1) is 10.0. The number of carboxylic acids is 1. The van der Waals surface area contributed by atoms with Crippen molar-refractivity contribution in [1.82, 2.24) is 20.8 Å². The zero-order chi connectivity index (χ0) is 15.0. The van der Waals surface area contributed by atoms with E-state index in [1.54, 1.807) is 6.92 Å². The van der Waals surface area contributed by atoms with Crippen LogP contribution in [0.25, 0.3) is 0 Å². The standard InChI is InChI=1S/C13H18N4O4/c1-6-15-9(17-21-6)5-14-13(20)16-11-8-3-2-7(4-8)10(11)12(18)19/h7-8,10-11H,2-5H2,1H3,(H,18,19)(H2,14,16,20). The van der Waals surface area contributed by atoms with Crippen LogP contribution < -0.4 is 10.6 Å². The van der Waals surface area contributed by atoms with Gasteiger partial charge in [-0.2, -0.15) is 4.98 Å². The fourth-order valence-corrected chi connectivity index (χ4v) is 3.63. The summed E-state index contributed by atoms with van der Waals surface area (Å²) in [6, 6.07) is -0.672. The van der Waals surface area contributed by atoms with E-state index in [4.69, 9.17) is 4.52 Å². The monoisotopic (exact) mass is 294 g/mol. The molecule has 2 saturated carbocycles. The van der Waals surface area contributed by atoms with E-state index in [1.165, 1.54) is 0 Å². The molecule has 2 bridgehead atoms. The summed E-state index contributed by atoms with van der Waals surface area (Å²) in [5, 5.41) is 18.4. The maximum atomic E-state index is 11.9. The zero-order valence-electron chi connectivity index (χ0n) is 11.7. The Bertz CT molecular complexity index is 558. The van der Waals surface area contributed by atoms with Crippen molar-refractivity contribution >= 4 is 12.0 Å². The Hall–Kier alpha value is -2.12. The summed E-state index contributed by atoms with van der Waals surface area (Å²) in [4.78, 5) is 27.3. The smallest absolute Gasteiger partial charge is 0.315 e. The molecule has 2 amide bonds. The molecule has 0 spiro atoms. The van der Waals surface area contributed by atoms with Crippen LogP contribution in [-0.2, 0) is 11.3 Å². The van der Waals surface area contributed by atoms with Crippen LogP contribution in [0.1, 0.15) is 31.0 Å². The Labute approximate surface area is 121 Å². The van der Waals surface area contributed by atoms with Gasteiger partial charge >= 0.3 is 12.0 Å². The third-order valence-corrected chi connectivity index (χ3v) is 4.48. The van der Waals surface area contributed by atoms with Crippen LogP contribution in [0.4, 0.5) is 4.79 Å². The minimum atomic E-state index is -0.818. The minimum Gasteiger partial charge on any atom is -0.481 e. The van der Waals surface area contributed by atoms with Crippen LogP contribution in [0.3, 0.4) is 0 Å². The lowest BCUT2D eigenvalue weighted by atomic mass is 9.84. The van der Waals surface area contributed by atoms with Gasteiger partial charge in [0.25, 0.3) is 0 Å². The third-order valence-electron chi connectivity index (χ3n) is 4.48. The number of hydrogen-bond donors (Lipinski definition) is 3. The number of aromatic nitrogens is 2. The van der Waals surface area contributed by atoms with Crippen molar-refractivity contribution in [1.29, 1.82) is 0 Å². The van der Waals surface area contributed by atoms with E-state index in [2.05, 4.69) is 20.8 Å². The molecule has 4 atom stereocenters. The van der Waals surface area contributed by atoms with E-state index < -0.39 is 11.9 Å². The average molecular weight is 294 g/mol. The molecule has 8 nitrogen and oxygen atoms in total. The van der Waals surface area contributed by atoms with Crippen molar-refractivity contribution in [3.8, 4) is 0 Å². The predicted octanol–water partition coefficient (Wildman–Crippen LogP) is 0.677. The Kier molecular flexibility index (Phi) is 3.52. The van der Waals surface area contributed by atoms with Gasteiger partial charge < -0.3 is 20.3 Å². The summed E-state index contributed by atoms with van der Waals surface area (Å²) < 4.78 is 4.81. The van der Waals surface area contributed by atoms with Crippen LogP contribution in [-0.4, -0.2) is 33.3 Å². The van der Waals surface area contributed by atoms with Crippen molar-refractivity contribution in [3.63, 3.8) is 0 Å². The molecule has 0 saturated heterocycles. The Balaban J connectivity index is 1.55. The van der Waals surface area contributed by atoms with Gasteiger partial charge in [-0.05, 0) is 31.1 Å². The molecule has 0 aliphatic heterocycles. The van der Waals surface area contributed by atoms with Gasteiger partial charge in [0.05, 0.1) is 12.5 Å². The second-order valence-electron chi connectivity index (χ2n) is 5.78. The summed E-state index contributed by atoms with van der Waals surface area (Å²) in [6.45, 7) is 1.82. The summed E-state index contributed by atoms with van der Waals surface area (Å²) in [5.41, 5.74) is 0. The maximum Gasteiger partial charge on any atom is 0.315 e. The molecular formula is C13H18N4O4. The van der Waals surface area contributed by atoms with Gasteiger partial charge in [0, 0.05) is 13.0 Å². The fourth-order valence-electron chi connectivity index (χ4n) is 3.63. The largest absolute Gasteiger partial charge is 0.481 e. The topological polar surface area (TPSA) is 117 Å². The van der Waals surface area contributed by atoms with Crippen LogP contribution in [0.15, 0.2) is 4.52 Å². The molecule has 2 aliphatic rings. The van der Waals surface area contributed by atoms with Crippen molar-refractivity contribution < 1.29 is 19.2 Å². The third kappa shape index (κ3) is 2.70. The van der Waals surface area contributed by atoms with E-state index >= 15 is 0 Å². The molecule has 1 aromatic rings. The molecule has 2 aliphatic carbocycles. The molecule has 1 aromatic heterocycles. The number of nitrogens with zero attached hydrogens (tertiary/aromatic N) is 2. The Morgan fingerprint density at radius 2 is 2.14 bits per heavy atom. The minimum absolute atomic E-state index is 0.154. The van der Waals surface area contributed by atoms with Crippen molar-refractivity contribution in [2.24, 2.45) is 17.8 Å². The predicted molar refractivity (Wildman–Crippen MR) is 70.2 cm³/mol. The first kappa shape index (κ1) is 13.8.